The van der Waals surface area contributed by atoms with Gasteiger partial charge in [0.2, 0.25) is 0 Å². The maximum Gasteiger partial charge on any atom is 0.319 e. The number of aryl methyl sites for hydroxylation is 1. The molecule has 2 rings (SSSR count). The van der Waals surface area contributed by atoms with Gasteiger partial charge in [0.15, 0.2) is 11.5 Å². The lowest BCUT2D eigenvalue weighted by molar-refractivity contribution is 0.246. The molecule has 0 aliphatic rings. The minimum absolute atomic E-state index is 0.131. The summed E-state index contributed by atoms with van der Waals surface area (Å²) in [7, 11) is 1.57. The summed E-state index contributed by atoms with van der Waals surface area (Å²) < 4.78 is 24.2. The van der Waals surface area contributed by atoms with Crippen LogP contribution in [0.1, 0.15) is 5.56 Å². The molecule has 0 bridgehead atoms. The number of urea groups is 1. The molecule has 122 valence electrons. The fourth-order valence-electron chi connectivity index (χ4n) is 1.95. The number of carbonyl (C=O) groups excluding carboxylic acids is 1. The van der Waals surface area contributed by atoms with Crippen LogP contribution < -0.4 is 20.1 Å². The van der Waals surface area contributed by atoms with Gasteiger partial charge in [-0.05, 0) is 36.8 Å². The highest BCUT2D eigenvalue weighted by Gasteiger charge is 2.06. The van der Waals surface area contributed by atoms with Crippen molar-refractivity contribution in [2.75, 3.05) is 25.6 Å². The zero-order chi connectivity index (χ0) is 16.7. The Labute approximate surface area is 134 Å². The SMILES string of the molecule is COc1cc(C)ccc1OCCNC(=O)Nc1ccccc1F. The molecule has 0 radical (unpaired) electrons. The summed E-state index contributed by atoms with van der Waals surface area (Å²) in [6, 6.07) is 11.1. The van der Waals surface area contributed by atoms with Gasteiger partial charge in [-0.1, -0.05) is 18.2 Å². The lowest BCUT2D eigenvalue weighted by Gasteiger charge is -2.12. The molecule has 0 saturated carbocycles. The minimum atomic E-state index is -0.491. The van der Waals surface area contributed by atoms with Crippen molar-refractivity contribution in [2.24, 2.45) is 0 Å². The van der Waals surface area contributed by atoms with Gasteiger partial charge in [0.1, 0.15) is 12.4 Å². The Hall–Kier alpha value is -2.76. The highest BCUT2D eigenvalue weighted by Crippen LogP contribution is 2.27. The number of hydrogen-bond donors (Lipinski definition) is 2. The second kappa shape index (κ2) is 8.03. The Kier molecular flexibility index (Phi) is 5.80. The number of benzene rings is 2. The average Bonchev–Trinajstić information content (AvgIpc) is 2.54. The van der Waals surface area contributed by atoms with Crippen molar-refractivity contribution in [2.45, 2.75) is 6.92 Å². The van der Waals surface area contributed by atoms with E-state index in [1.165, 1.54) is 12.1 Å². The highest BCUT2D eigenvalue weighted by molar-refractivity contribution is 5.89. The Morgan fingerprint density at radius 3 is 2.70 bits per heavy atom. The van der Waals surface area contributed by atoms with E-state index in [1.54, 1.807) is 19.2 Å². The molecule has 2 aromatic rings. The number of halogens is 1. The predicted molar refractivity (Wildman–Crippen MR) is 86.6 cm³/mol. The van der Waals surface area contributed by atoms with Gasteiger partial charge in [0.25, 0.3) is 0 Å². The van der Waals surface area contributed by atoms with E-state index in [0.717, 1.165) is 5.56 Å². The molecule has 6 heteroatoms. The van der Waals surface area contributed by atoms with Crippen molar-refractivity contribution < 1.29 is 18.7 Å². The summed E-state index contributed by atoms with van der Waals surface area (Å²) in [6.45, 7) is 2.50. The largest absolute Gasteiger partial charge is 0.493 e. The van der Waals surface area contributed by atoms with Crippen LogP contribution in [0.2, 0.25) is 0 Å². The molecule has 5 nitrogen and oxygen atoms in total. The molecular weight excluding hydrogens is 299 g/mol. The fraction of sp³-hybridized carbons (Fsp3) is 0.235. The van der Waals surface area contributed by atoms with Crippen LogP contribution in [-0.4, -0.2) is 26.3 Å². The zero-order valence-electron chi connectivity index (χ0n) is 13.1. The number of para-hydroxylation sites is 1. The predicted octanol–water partition coefficient (Wildman–Crippen LogP) is 3.34. The summed E-state index contributed by atoms with van der Waals surface area (Å²) in [6.07, 6.45) is 0. The molecule has 0 fully saturated rings. The Morgan fingerprint density at radius 2 is 1.96 bits per heavy atom. The van der Waals surface area contributed by atoms with E-state index < -0.39 is 11.8 Å². The van der Waals surface area contributed by atoms with E-state index in [2.05, 4.69) is 10.6 Å². The molecule has 0 unspecified atom stereocenters. The first kappa shape index (κ1) is 16.6. The van der Waals surface area contributed by atoms with Gasteiger partial charge < -0.3 is 20.1 Å². The minimum Gasteiger partial charge on any atom is -0.493 e. The number of methoxy groups -OCH3 is 1. The molecule has 0 heterocycles. The normalized spacial score (nSPS) is 10.0. The van der Waals surface area contributed by atoms with Gasteiger partial charge in [-0.15, -0.1) is 0 Å². The topological polar surface area (TPSA) is 59.6 Å². The van der Waals surface area contributed by atoms with E-state index in [1.807, 2.05) is 25.1 Å². The van der Waals surface area contributed by atoms with Crippen LogP contribution in [0.4, 0.5) is 14.9 Å². The number of nitrogens with one attached hydrogen (secondary N) is 2. The van der Waals surface area contributed by atoms with E-state index in [0.29, 0.717) is 11.5 Å². The van der Waals surface area contributed by atoms with Crippen LogP contribution in [0.5, 0.6) is 11.5 Å². The average molecular weight is 318 g/mol. The van der Waals surface area contributed by atoms with E-state index in [4.69, 9.17) is 9.47 Å². The smallest absolute Gasteiger partial charge is 0.319 e. The van der Waals surface area contributed by atoms with Crippen molar-refractivity contribution in [3.63, 3.8) is 0 Å². The van der Waals surface area contributed by atoms with Gasteiger partial charge in [0, 0.05) is 0 Å². The Morgan fingerprint density at radius 1 is 1.17 bits per heavy atom. The first-order valence-corrected chi connectivity index (χ1v) is 7.17. The molecular formula is C17H19FN2O3. The van der Waals surface area contributed by atoms with Gasteiger partial charge in [-0.2, -0.15) is 0 Å². The van der Waals surface area contributed by atoms with Crippen LogP contribution in [-0.2, 0) is 0 Å². The Balaban J connectivity index is 1.77. The standard InChI is InChI=1S/C17H19FN2O3/c1-12-7-8-15(16(11-12)22-2)23-10-9-19-17(21)20-14-6-4-3-5-13(14)18/h3-8,11H,9-10H2,1-2H3,(H2,19,20,21). The van der Waals surface area contributed by atoms with Crippen molar-refractivity contribution in [3.05, 3.63) is 53.8 Å². The molecule has 0 saturated heterocycles. The second-order valence-electron chi connectivity index (χ2n) is 4.86. The van der Waals surface area contributed by atoms with Crippen LogP contribution in [0, 0.1) is 12.7 Å². The quantitative estimate of drug-likeness (QED) is 0.803. The maximum atomic E-state index is 13.4. The molecule has 2 N–H and O–H groups in total. The van der Waals surface area contributed by atoms with E-state index in [-0.39, 0.29) is 18.8 Å². The zero-order valence-corrected chi connectivity index (χ0v) is 13.1. The van der Waals surface area contributed by atoms with E-state index in [9.17, 15) is 9.18 Å². The number of carbonyl (C=O) groups is 1. The lowest BCUT2D eigenvalue weighted by Crippen LogP contribution is -2.32. The van der Waals surface area contributed by atoms with Crippen molar-refractivity contribution in [1.29, 1.82) is 0 Å². The summed E-state index contributed by atoms with van der Waals surface area (Å²) in [5.74, 6) is 0.763. The molecule has 0 atom stereocenters. The van der Waals surface area contributed by atoms with Gasteiger partial charge in [-0.3, -0.25) is 0 Å². The third kappa shape index (κ3) is 4.88. The molecule has 23 heavy (non-hydrogen) atoms. The number of amides is 2. The van der Waals surface area contributed by atoms with Crippen molar-refractivity contribution in [3.8, 4) is 11.5 Å². The van der Waals surface area contributed by atoms with Gasteiger partial charge in [-0.25, -0.2) is 9.18 Å². The van der Waals surface area contributed by atoms with Crippen LogP contribution >= 0.6 is 0 Å². The first-order valence-electron chi connectivity index (χ1n) is 7.17. The first-order chi connectivity index (χ1) is 11.1. The van der Waals surface area contributed by atoms with Crippen molar-refractivity contribution >= 4 is 11.7 Å². The molecule has 0 aliphatic heterocycles. The third-order valence-corrected chi connectivity index (χ3v) is 3.09. The molecule has 0 spiro atoms. The summed E-state index contributed by atoms with van der Waals surface area (Å²) in [4.78, 5) is 11.7. The van der Waals surface area contributed by atoms with Gasteiger partial charge in [0.05, 0.1) is 19.3 Å². The van der Waals surface area contributed by atoms with Crippen LogP contribution in [0.25, 0.3) is 0 Å². The monoisotopic (exact) mass is 318 g/mol. The summed E-state index contributed by atoms with van der Waals surface area (Å²) >= 11 is 0. The molecule has 2 amide bonds. The number of anilines is 1. The van der Waals surface area contributed by atoms with Gasteiger partial charge >= 0.3 is 6.03 Å². The molecule has 2 aromatic carbocycles. The third-order valence-electron chi connectivity index (χ3n) is 3.09. The molecule has 0 aromatic heterocycles. The maximum absolute atomic E-state index is 13.4. The number of hydrogen-bond acceptors (Lipinski definition) is 3. The lowest BCUT2D eigenvalue weighted by atomic mass is 10.2. The van der Waals surface area contributed by atoms with Crippen LogP contribution in [0.15, 0.2) is 42.5 Å². The summed E-state index contributed by atoms with van der Waals surface area (Å²) in [5.41, 5.74) is 1.20. The second-order valence-corrected chi connectivity index (χ2v) is 4.86. The van der Waals surface area contributed by atoms with Crippen molar-refractivity contribution in [1.82, 2.24) is 5.32 Å². The van der Waals surface area contributed by atoms with Crippen LogP contribution in [0.3, 0.4) is 0 Å². The Bertz CT molecular complexity index is 677. The number of rotatable bonds is 6. The highest BCUT2D eigenvalue weighted by atomic mass is 19.1. The molecule has 0 aliphatic carbocycles. The fourth-order valence-corrected chi connectivity index (χ4v) is 1.95. The number of ether oxygens (including phenoxy) is 2. The van der Waals surface area contributed by atoms with E-state index >= 15 is 0 Å². The summed E-state index contributed by atoms with van der Waals surface area (Å²) in [5, 5.41) is 5.03.